The predicted molar refractivity (Wildman–Crippen MR) is 70.2 cm³/mol. The maximum Gasteiger partial charge on any atom is 0.0952 e. The Morgan fingerprint density at radius 2 is 2.35 bits per heavy atom. The van der Waals surface area contributed by atoms with E-state index in [9.17, 15) is 0 Å². The van der Waals surface area contributed by atoms with Crippen LogP contribution in [-0.2, 0) is 13.1 Å². The standard InChI is InChI=1S/C12H18N4S/c1-3-4-13-5-12-6-14-9-16(12)7-11-8-17-10(2)15-11/h6,8-9,13H,3-5,7H2,1-2H3. The molecular formula is C12H18N4S. The molecule has 0 spiro atoms. The summed E-state index contributed by atoms with van der Waals surface area (Å²) >= 11 is 1.69. The van der Waals surface area contributed by atoms with Crippen LogP contribution >= 0.6 is 11.3 Å². The number of nitrogens with zero attached hydrogens (tertiary/aromatic N) is 3. The molecule has 0 fully saturated rings. The lowest BCUT2D eigenvalue weighted by Gasteiger charge is -2.07. The monoisotopic (exact) mass is 250 g/mol. The van der Waals surface area contributed by atoms with Gasteiger partial charge >= 0.3 is 0 Å². The molecule has 0 saturated heterocycles. The highest BCUT2D eigenvalue weighted by atomic mass is 32.1. The van der Waals surface area contributed by atoms with Gasteiger partial charge in [0.2, 0.25) is 0 Å². The fourth-order valence-corrected chi connectivity index (χ4v) is 2.29. The van der Waals surface area contributed by atoms with Gasteiger partial charge < -0.3 is 9.88 Å². The second-order valence-electron chi connectivity index (χ2n) is 4.05. The third kappa shape index (κ3) is 3.38. The molecule has 17 heavy (non-hydrogen) atoms. The van der Waals surface area contributed by atoms with E-state index in [2.05, 4.69) is 32.2 Å². The van der Waals surface area contributed by atoms with Gasteiger partial charge in [0.15, 0.2) is 0 Å². The molecule has 1 N–H and O–H groups in total. The molecule has 2 heterocycles. The molecule has 0 aliphatic rings. The molecular weight excluding hydrogens is 232 g/mol. The maximum atomic E-state index is 4.47. The molecule has 0 bridgehead atoms. The maximum absolute atomic E-state index is 4.47. The molecule has 0 atom stereocenters. The average molecular weight is 250 g/mol. The second-order valence-corrected chi connectivity index (χ2v) is 5.11. The Kier molecular flexibility index (Phi) is 4.28. The number of rotatable bonds is 6. The lowest BCUT2D eigenvalue weighted by Crippen LogP contribution is -2.17. The number of aryl methyl sites for hydroxylation is 1. The predicted octanol–water partition coefficient (Wildman–Crippen LogP) is 2.20. The SMILES string of the molecule is CCCNCc1cncn1Cc1csc(C)n1. The Morgan fingerprint density at radius 1 is 1.47 bits per heavy atom. The molecule has 0 radical (unpaired) electrons. The third-order valence-corrected chi connectivity index (χ3v) is 3.35. The summed E-state index contributed by atoms with van der Waals surface area (Å²) in [5.74, 6) is 0. The molecule has 2 rings (SSSR count). The minimum absolute atomic E-state index is 0.813. The number of imidazole rings is 1. The first-order valence-corrected chi connectivity index (χ1v) is 6.78. The van der Waals surface area contributed by atoms with Crippen molar-refractivity contribution in [2.75, 3.05) is 6.54 Å². The van der Waals surface area contributed by atoms with E-state index in [0.717, 1.165) is 36.8 Å². The lowest BCUT2D eigenvalue weighted by molar-refractivity contribution is 0.627. The van der Waals surface area contributed by atoms with Gasteiger partial charge in [-0.15, -0.1) is 11.3 Å². The smallest absolute Gasteiger partial charge is 0.0952 e. The summed E-state index contributed by atoms with van der Waals surface area (Å²) in [5, 5.41) is 6.62. The first-order valence-electron chi connectivity index (χ1n) is 5.90. The van der Waals surface area contributed by atoms with Crippen LogP contribution in [0.5, 0.6) is 0 Å². The van der Waals surface area contributed by atoms with Crippen molar-refractivity contribution in [3.8, 4) is 0 Å². The van der Waals surface area contributed by atoms with Gasteiger partial charge in [-0.1, -0.05) is 6.92 Å². The zero-order chi connectivity index (χ0) is 12.1. The van der Waals surface area contributed by atoms with Gasteiger partial charge in [-0.2, -0.15) is 0 Å². The van der Waals surface area contributed by atoms with Crippen molar-refractivity contribution in [2.45, 2.75) is 33.4 Å². The van der Waals surface area contributed by atoms with Crippen LogP contribution in [0.15, 0.2) is 17.9 Å². The Labute approximate surface area is 106 Å². The van der Waals surface area contributed by atoms with Crippen LogP contribution < -0.4 is 5.32 Å². The molecule has 0 aliphatic heterocycles. The van der Waals surface area contributed by atoms with Crippen LogP contribution in [0.3, 0.4) is 0 Å². The highest BCUT2D eigenvalue weighted by molar-refractivity contribution is 7.09. The first kappa shape index (κ1) is 12.3. The molecule has 0 amide bonds. The summed E-state index contributed by atoms with van der Waals surface area (Å²) in [6, 6.07) is 0. The molecule has 0 unspecified atom stereocenters. The third-order valence-electron chi connectivity index (χ3n) is 2.53. The second kappa shape index (κ2) is 5.93. The van der Waals surface area contributed by atoms with Gasteiger partial charge in [0, 0.05) is 18.1 Å². The lowest BCUT2D eigenvalue weighted by atomic mass is 10.4. The van der Waals surface area contributed by atoms with Crippen LogP contribution in [0.1, 0.15) is 29.7 Å². The largest absolute Gasteiger partial charge is 0.327 e. The minimum atomic E-state index is 0.813. The number of aromatic nitrogens is 3. The number of nitrogens with one attached hydrogen (secondary N) is 1. The van der Waals surface area contributed by atoms with E-state index in [0.29, 0.717) is 0 Å². The summed E-state index contributed by atoms with van der Waals surface area (Å²) in [6.45, 7) is 6.93. The Balaban J connectivity index is 1.98. The van der Waals surface area contributed by atoms with Crippen LogP contribution in [0, 0.1) is 6.92 Å². The van der Waals surface area contributed by atoms with Crippen molar-refractivity contribution in [3.05, 3.63) is 34.3 Å². The van der Waals surface area contributed by atoms with Crippen LogP contribution in [0.4, 0.5) is 0 Å². The molecule has 92 valence electrons. The van der Waals surface area contributed by atoms with Crippen molar-refractivity contribution in [1.82, 2.24) is 19.9 Å². The topological polar surface area (TPSA) is 42.7 Å². The molecule has 2 aromatic rings. The van der Waals surface area contributed by atoms with Gasteiger partial charge in [-0.25, -0.2) is 9.97 Å². The average Bonchev–Trinajstić information content (AvgIpc) is 2.90. The fraction of sp³-hybridized carbons (Fsp3) is 0.500. The van der Waals surface area contributed by atoms with Gasteiger partial charge in [0.05, 0.1) is 29.3 Å². The number of hydrogen-bond acceptors (Lipinski definition) is 4. The van der Waals surface area contributed by atoms with Crippen LogP contribution in [-0.4, -0.2) is 21.1 Å². The van der Waals surface area contributed by atoms with Gasteiger partial charge in [-0.3, -0.25) is 0 Å². The van der Waals surface area contributed by atoms with Crippen molar-refractivity contribution < 1.29 is 0 Å². The van der Waals surface area contributed by atoms with Gasteiger partial charge in [0.1, 0.15) is 0 Å². The summed E-state index contributed by atoms with van der Waals surface area (Å²) in [7, 11) is 0. The zero-order valence-electron chi connectivity index (χ0n) is 10.3. The van der Waals surface area contributed by atoms with E-state index in [1.807, 2.05) is 19.4 Å². The van der Waals surface area contributed by atoms with Gasteiger partial charge in [0.25, 0.3) is 0 Å². The van der Waals surface area contributed by atoms with E-state index in [4.69, 9.17) is 0 Å². The number of hydrogen-bond donors (Lipinski definition) is 1. The fourth-order valence-electron chi connectivity index (χ4n) is 1.69. The number of thiazole rings is 1. The molecule has 2 aromatic heterocycles. The first-order chi connectivity index (χ1) is 8.29. The summed E-state index contributed by atoms with van der Waals surface area (Å²) in [6.07, 6.45) is 4.94. The van der Waals surface area contributed by atoms with Crippen molar-refractivity contribution >= 4 is 11.3 Å². The van der Waals surface area contributed by atoms with E-state index >= 15 is 0 Å². The molecule has 5 heteroatoms. The molecule has 0 aromatic carbocycles. The molecule has 0 aliphatic carbocycles. The van der Waals surface area contributed by atoms with Crippen molar-refractivity contribution in [3.63, 3.8) is 0 Å². The van der Waals surface area contributed by atoms with Crippen molar-refractivity contribution in [1.29, 1.82) is 0 Å². The van der Waals surface area contributed by atoms with E-state index in [1.165, 1.54) is 5.69 Å². The Hall–Kier alpha value is -1.20. The highest BCUT2D eigenvalue weighted by Gasteiger charge is 2.04. The highest BCUT2D eigenvalue weighted by Crippen LogP contribution is 2.10. The summed E-state index contributed by atoms with van der Waals surface area (Å²) in [5.41, 5.74) is 2.33. The van der Waals surface area contributed by atoms with E-state index in [-0.39, 0.29) is 0 Å². The Morgan fingerprint density at radius 3 is 3.06 bits per heavy atom. The molecule has 0 saturated carbocycles. The van der Waals surface area contributed by atoms with Crippen LogP contribution in [0.25, 0.3) is 0 Å². The van der Waals surface area contributed by atoms with E-state index < -0.39 is 0 Å². The van der Waals surface area contributed by atoms with Crippen molar-refractivity contribution in [2.24, 2.45) is 0 Å². The summed E-state index contributed by atoms with van der Waals surface area (Å²) < 4.78 is 2.15. The van der Waals surface area contributed by atoms with Gasteiger partial charge in [-0.05, 0) is 19.9 Å². The normalized spacial score (nSPS) is 10.9. The minimum Gasteiger partial charge on any atom is -0.327 e. The van der Waals surface area contributed by atoms with E-state index in [1.54, 1.807) is 11.3 Å². The van der Waals surface area contributed by atoms with Crippen LogP contribution in [0.2, 0.25) is 0 Å². The Bertz CT molecular complexity index is 461. The zero-order valence-corrected chi connectivity index (χ0v) is 11.1. The molecule has 4 nitrogen and oxygen atoms in total. The quantitative estimate of drug-likeness (QED) is 0.799. The summed E-state index contributed by atoms with van der Waals surface area (Å²) in [4.78, 5) is 8.68.